The highest BCUT2D eigenvalue weighted by Crippen LogP contribution is 2.14. The number of aryl methyl sites for hydroxylation is 1. The molecule has 1 aromatic heterocycles. The fourth-order valence-electron chi connectivity index (χ4n) is 3.04. The average Bonchev–Trinajstić information content (AvgIpc) is 2.58. The van der Waals surface area contributed by atoms with Crippen molar-refractivity contribution in [3.63, 3.8) is 0 Å². The predicted molar refractivity (Wildman–Crippen MR) is 108 cm³/mol. The molecule has 2 aromatic rings. The van der Waals surface area contributed by atoms with E-state index in [4.69, 9.17) is 0 Å². The molecule has 1 heterocycles. The van der Waals surface area contributed by atoms with Crippen LogP contribution >= 0.6 is 15.9 Å². The van der Waals surface area contributed by atoms with Crippen LogP contribution in [-0.4, -0.2) is 45.5 Å². The molecule has 0 aliphatic heterocycles. The van der Waals surface area contributed by atoms with Gasteiger partial charge in [0.05, 0.1) is 17.2 Å². The standard InChI is InChI=1S/C19H27BrN4O2/c1-13(2)24(14(3)4)10-8-21-18(25)7-9-23-12-22-17-6-5-15(20)11-16(17)19(23)26/h5-6,11-14H,7-10H2,1-4H3,(H,21,25). The Kier molecular flexibility index (Phi) is 7.34. The highest BCUT2D eigenvalue weighted by atomic mass is 79.9. The molecule has 1 N–H and O–H groups in total. The van der Waals surface area contributed by atoms with Crippen molar-refractivity contribution in [1.29, 1.82) is 0 Å². The maximum absolute atomic E-state index is 12.5. The number of amides is 1. The third-order valence-corrected chi connectivity index (χ3v) is 4.88. The molecule has 7 heteroatoms. The van der Waals surface area contributed by atoms with Crippen molar-refractivity contribution in [3.8, 4) is 0 Å². The number of nitrogens with one attached hydrogen (secondary N) is 1. The molecule has 0 unspecified atom stereocenters. The number of aromatic nitrogens is 2. The van der Waals surface area contributed by atoms with Gasteiger partial charge in [0.2, 0.25) is 5.91 Å². The van der Waals surface area contributed by atoms with Gasteiger partial charge in [-0.05, 0) is 45.9 Å². The number of carbonyl (C=O) groups is 1. The van der Waals surface area contributed by atoms with Crippen LogP contribution in [0.2, 0.25) is 0 Å². The monoisotopic (exact) mass is 422 g/mol. The van der Waals surface area contributed by atoms with Crippen LogP contribution in [0.4, 0.5) is 0 Å². The van der Waals surface area contributed by atoms with Crippen molar-refractivity contribution < 1.29 is 4.79 Å². The van der Waals surface area contributed by atoms with Gasteiger partial charge in [0.15, 0.2) is 0 Å². The molecule has 0 atom stereocenters. The number of hydrogen-bond donors (Lipinski definition) is 1. The lowest BCUT2D eigenvalue weighted by molar-refractivity contribution is -0.121. The molecule has 0 spiro atoms. The topological polar surface area (TPSA) is 67.2 Å². The van der Waals surface area contributed by atoms with E-state index in [2.05, 4.69) is 58.8 Å². The molecule has 1 aromatic carbocycles. The van der Waals surface area contributed by atoms with Crippen molar-refractivity contribution in [1.82, 2.24) is 19.8 Å². The largest absolute Gasteiger partial charge is 0.355 e. The molecule has 6 nitrogen and oxygen atoms in total. The number of nitrogens with zero attached hydrogens (tertiary/aromatic N) is 3. The highest BCUT2D eigenvalue weighted by Gasteiger charge is 2.13. The van der Waals surface area contributed by atoms with Crippen molar-refractivity contribution in [2.75, 3.05) is 13.1 Å². The summed E-state index contributed by atoms with van der Waals surface area (Å²) < 4.78 is 2.32. The van der Waals surface area contributed by atoms with Crippen LogP contribution in [0.1, 0.15) is 34.1 Å². The van der Waals surface area contributed by atoms with Gasteiger partial charge in [0.1, 0.15) is 0 Å². The summed E-state index contributed by atoms with van der Waals surface area (Å²) in [5, 5.41) is 3.48. The summed E-state index contributed by atoms with van der Waals surface area (Å²) in [5.41, 5.74) is 0.524. The molecule has 0 fully saturated rings. The van der Waals surface area contributed by atoms with Crippen LogP contribution in [0.25, 0.3) is 10.9 Å². The molecular formula is C19H27BrN4O2. The molecule has 0 saturated carbocycles. The molecule has 26 heavy (non-hydrogen) atoms. The number of hydrogen-bond acceptors (Lipinski definition) is 4. The second-order valence-corrected chi connectivity index (χ2v) is 7.85. The zero-order chi connectivity index (χ0) is 19.3. The van der Waals surface area contributed by atoms with Gasteiger partial charge in [-0.2, -0.15) is 0 Å². The van der Waals surface area contributed by atoms with E-state index < -0.39 is 0 Å². The molecule has 2 rings (SSSR count). The summed E-state index contributed by atoms with van der Waals surface area (Å²) >= 11 is 3.37. The Morgan fingerprint density at radius 3 is 2.62 bits per heavy atom. The van der Waals surface area contributed by atoms with E-state index in [0.717, 1.165) is 11.0 Å². The van der Waals surface area contributed by atoms with Crippen molar-refractivity contribution in [2.24, 2.45) is 0 Å². The maximum Gasteiger partial charge on any atom is 0.261 e. The number of benzene rings is 1. The van der Waals surface area contributed by atoms with Crippen LogP contribution in [0.3, 0.4) is 0 Å². The Hall–Kier alpha value is -1.73. The summed E-state index contributed by atoms with van der Waals surface area (Å²) in [4.78, 5) is 31.2. The molecule has 142 valence electrons. The summed E-state index contributed by atoms with van der Waals surface area (Å²) in [6, 6.07) is 6.28. The van der Waals surface area contributed by atoms with E-state index in [-0.39, 0.29) is 17.9 Å². The van der Waals surface area contributed by atoms with E-state index in [1.54, 1.807) is 12.1 Å². The van der Waals surface area contributed by atoms with Crippen LogP contribution in [-0.2, 0) is 11.3 Å². The summed E-state index contributed by atoms with van der Waals surface area (Å²) in [5.74, 6) is -0.0568. The third kappa shape index (κ3) is 5.38. The first kappa shape index (κ1) is 20.6. The number of halogens is 1. The molecule has 0 aliphatic carbocycles. The first-order valence-electron chi connectivity index (χ1n) is 8.96. The summed E-state index contributed by atoms with van der Waals surface area (Å²) in [6.07, 6.45) is 1.76. The molecule has 0 radical (unpaired) electrons. The Labute approximate surface area is 162 Å². The lowest BCUT2D eigenvalue weighted by Crippen LogP contribution is -2.42. The smallest absolute Gasteiger partial charge is 0.261 e. The second-order valence-electron chi connectivity index (χ2n) is 6.93. The van der Waals surface area contributed by atoms with Crippen molar-refractivity contribution in [2.45, 2.75) is 52.7 Å². The van der Waals surface area contributed by atoms with Crippen LogP contribution in [0.15, 0.2) is 33.8 Å². The first-order chi connectivity index (χ1) is 12.3. The fraction of sp³-hybridized carbons (Fsp3) is 0.526. The van der Waals surface area contributed by atoms with Gasteiger partial charge in [0, 0.05) is 42.6 Å². The van der Waals surface area contributed by atoms with Crippen LogP contribution < -0.4 is 10.9 Å². The van der Waals surface area contributed by atoms with Crippen LogP contribution in [0, 0.1) is 0 Å². The van der Waals surface area contributed by atoms with Gasteiger partial charge >= 0.3 is 0 Å². The van der Waals surface area contributed by atoms with Crippen molar-refractivity contribution >= 4 is 32.7 Å². The van der Waals surface area contributed by atoms with E-state index in [9.17, 15) is 9.59 Å². The normalized spacial score (nSPS) is 11.7. The predicted octanol–water partition coefficient (Wildman–Crippen LogP) is 2.78. The van der Waals surface area contributed by atoms with Gasteiger partial charge in [0.25, 0.3) is 5.56 Å². The fourth-order valence-corrected chi connectivity index (χ4v) is 3.40. The molecule has 0 saturated heterocycles. The Balaban J connectivity index is 1.90. The van der Waals surface area contributed by atoms with E-state index in [0.29, 0.717) is 36.1 Å². The van der Waals surface area contributed by atoms with Gasteiger partial charge < -0.3 is 5.32 Å². The van der Waals surface area contributed by atoms with Crippen LogP contribution in [0.5, 0.6) is 0 Å². The van der Waals surface area contributed by atoms with Gasteiger partial charge in [-0.15, -0.1) is 0 Å². The zero-order valence-electron chi connectivity index (χ0n) is 15.8. The maximum atomic E-state index is 12.5. The van der Waals surface area contributed by atoms with Gasteiger partial charge in [-0.3, -0.25) is 19.1 Å². The molecule has 1 amide bonds. The van der Waals surface area contributed by atoms with Crippen molar-refractivity contribution in [3.05, 3.63) is 39.4 Å². The lowest BCUT2D eigenvalue weighted by Gasteiger charge is -2.30. The van der Waals surface area contributed by atoms with E-state index >= 15 is 0 Å². The van der Waals surface area contributed by atoms with E-state index in [1.807, 2.05) is 6.07 Å². The minimum absolute atomic E-state index is 0.0568. The van der Waals surface area contributed by atoms with Gasteiger partial charge in [-0.1, -0.05) is 15.9 Å². The number of carbonyl (C=O) groups excluding carboxylic acids is 1. The zero-order valence-corrected chi connectivity index (χ0v) is 17.4. The SMILES string of the molecule is CC(C)N(CCNC(=O)CCn1cnc2ccc(Br)cc2c1=O)C(C)C. The number of fused-ring (bicyclic) bond motifs is 1. The first-order valence-corrected chi connectivity index (χ1v) is 9.76. The molecular weight excluding hydrogens is 396 g/mol. The minimum Gasteiger partial charge on any atom is -0.355 e. The average molecular weight is 423 g/mol. The molecule has 0 aliphatic rings. The Morgan fingerprint density at radius 2 is 1.96 bits per heavy atom. The minimum atomic E-state index is -0.130. The number of rotatable bonds is 8. The summed E-state index contributed by atoms with van der Waals surface area (Å²) in [7, 11) is 0. The Bertz CT molecular complexity index is 809. The second kappa shape index (κ2) is 9.28. The molecule has 0 bridgehead atoms. The highest BCUT2D eigenvalue weighted by molar-refractivity contribution is 9.10. The summed E-state index contributed by atoms with van der Waals surface area (Å²) in [6.45, 7) is 10.3. The van der Waals surface area contributed by atoms with Gasteiger partial charge in [-0.25, -0.2) is 4.98 Å². The lowest BCUT2D eigenvalue weighted by atomic mass is 10.2. The van der Waals surface area contributed by atoms with E-state index in [1.165, 1.54) is 10.9 Å². The third-order valence-electron chi connectivity index (χ3n) is 4.38. The quantitative estimate of drug-likeness (QED) is 0.709. The Morgan fingerprint density at radius 1 is 1.27 bits per heavy atom.